The predicted octanol–water partition coefficient (Wildman–Crippen LogP) is 2.74. The highest BCUT2D eigenvalue weighted by atomic mass is 35.5. The van der Waals surface area contributed by atoms with Gasteiger partial charge in [0.1, 0.15) is 5.54 Å². The fraction of sp³-hybridized carbons (Fsp3) is 0.529. The molecule has 4 rings (SSSR count). The van der Waals surface area contributed by atoms with Gasteiger partial charge >= 0.3 is 6.03 Å². The van der Waals surface area contributed by atoms with Gasteiger partial charge in [0, 0.05) is 30.3 Å². The van der Waals surface area contributed by atoms with Gasteiger partial charge < -0.3 is 9.80 Å². The quantitative estimate of drug-likeness (QED) is 0.782. The summed E-state index contributed by atoms with van der Waals surface area (Å²) in [5, 5.41) is 0.711. The second kappa shape index (κ2) is 5.13. The molecule has 0 spiro atoms. The molecule has 3 heterocycles. The molecule has 0 aliphatic carbocycles. The number of fused-ring (bicyclic) bond motifs is 1. The van der Waals surface area contributed by atoms with Crippen molar-refractivity contribution in [3.63, 3.8) is 0 Å². The molecule has 2 atom stereocenters. The van der Waals surface area contributed by atoms with Crippen LogP contribution < -0.4 is 4.90 Å². The molecule has 5 nitrogen and oxygen atoms in total. The average Bonchev–Trinajstić information content (AvgIpc) is 3.19. The molecule has 3 aliphatic heterocycles. The van der Waals surface area contributed by atoms with Gasteiger partial charge in [0.25, 0.3) is 5.91 Å². The zero-order chi connectivity index (χ0) is 16.2. The lowest BCUT2D eigenvalue weighted by molar-refractivity contribution is -0.133. The lowest BCUT2D eigenvalue weighted by atomic mass is 9.99. The maximum absolute atomic E-state index is 12.8. The molecule has 0 bridgehead atoms. The Bertz CT molecular complexity index is 662. The summed E-state index contributed by atoms with van der Waals surface area (Å²) in [6, 6.07) is 7.57. The zero-order valence-electron chi connectivity index (χ0n) is 13.2. The SMILES string of the molecule is C[C@@]12CCCN1C(=O)N([C@@H]1CCN(c3ccc(Cl)cc3)C1)C2=O. The van der Waals surface area contributed by atoms with Crippen LogP contribution in [0.1, 0.15) is 26.2 Å². The minimum Gasteiger partial charge on any atom is -0.369 e. The first-order chi connectivity index (χ1) is 11.0. The van der Waals surface area contributed by atoms with E-state index in [-0.39, 0.29) is 18.0 Å². The maximum Gasteiger partial charge on any atom is 0.327 e. The number of imide groups is 1. The first-order valence-electron chi connectivity index (χ1n) is 8.16. The molecule has 0 N–H and O–H groups in total. The Labute approximate surface area is 140 Å². The van der Waals surface area contributed by atoms with Crippen molar-refractivity contribution < 1.29 is 9.59 Å². The van der Waals surface area contributed by atoms with Gasteiger partial charge in [0.2, 0.25) is 0 Å². The van der Waals surface area contributed by atoms with Crippen molar-refractivity contribution in [2.24, 2.45) is 0 Å². The van der Waals surface area contributed by atoms with Crippen LogP contribution in [0, 0.1) is 0 Å². The minimum absolute atomic E-state index is 0.0112. The highest BCUT2D eigenvalue weighted by Crippen LogP contribution is 2.39. The van der Waals surface area contributed by atoms with Crippen LogP contribution in [0.2, 0.25) is 5.02 Å². The van der Waals surface area contributed by atoms with E-state index in [1.807, 2.05) is 31.2 Å². The molecular weight excluding hydrogens is 314 g/mol. The van der Waals surface area contributed by atoms with E-state index in [4.69, 9.17) is 11.6 Å². The topological polar surface area (TPSA) is 43.9 Å². The summed E-state index contributed by atoms with van der Waals surface area (Å²) in [4.78, 5) is 31.0. The lowest BCUT2D eigenvalue weighted by Crippen LogP contribution is -2.45. The number of hydrogen-bond acceptors (Lipinski definition) is 3. The number of benzene rings is 1. The van der Waals surface area contributed by atoms with Gasteiger partial charge in [-0.05, 0) is 50.5 Å². The number of urea groups is 1. The predicted molar refractivity (Wildman–Crippen MR) is 88.7 cm³/mol. The number of carbonyl (C=O) groups excluding carboxylic acids is 2. The van der Waals surface area contributed by atoms with Crippen LogP contribution in [0.15, 0.2) is 24.3 Å². The van der Waals surface area contributed by atoms with E-state index in [0.717, 1.165) is 31.5 Å². The van der Waals surface area contributed by atoms with Gasteiger partial charge in [-0.3, -0.25) is 9.69 Å². The van der Waals surface area contributed by atoms with Crippen LogP contribution in [-0.4, -0.2) is 53.0 Å². The van der Waals surface area contributed by atoms with Gasteiger partial charge in [-0.25, -0.2) is 4.79 Å². The Hall–Kier alpha value is -1.75. The molecule has 0 radical (unpaired) electrons. The molecular formula is C17H20ClN3O2. The molecule has 3 saturated heterocycles. The van der Waals surface area contributed by atoms with Crippen molar-refractivity contribution in [3.05, 3.63) is 29.3 Å². The molecule has 1 aromatic rings. The Morgan fingerprint density at radius 3 is 2.61 bits per heavy atom. The summed E-state index contributed by atoms with van der Waals surface area (Å²) in [6.45, 7) is 4.15. The molecule has 6 heteroatoms. The molecule has 1 aromatic carbocycles. The fourth-order valence-corrected chi connectivity index (χ4v) is 4.26. The standard InChI is InChI=1S/C17H20ClN3O2/c1-17-8-2-9-20(17)16(23)21(15(17)22)14-7-10-19(11-14)13-5-3-12(18)4-6-13/h3-6,14H,2,7-11H2,1H3/t14-,17+/m1/s1. The maximum atomic E-state index is 12.8. The van der Waals surface area contributed by atoms with Crippen LogP contribution in [0.25, 0.3) is 0 Å². The van der Waals surface area contributed by atoms with Crippen LogP contribution in [-0.2, 0) is 4.79 Å². The van der Waals surface area contributed by atoms with Gasteiger partial charge in [-0.1, -0.05) is 11.6 Å². The smallest absolute Gasteiger partial charge is 0.327 e. The van der Waals surface area contributed by atoms with E-state index in [0.29, 0.717) is 18.1 Å². The highest BCUT2D eigenvalue weighted by Gasteiger charge is 2.58. The Morgan fingerprint density at radius 2 is 1.91 bits per heavy atom. The van der Waals surface area contributed by atoms with Crippen LogP contribution in [0.4, 0.5) is 10.5 Å². The van der Waals surface area contributed by atoms with Crippen LogP contribution in [0.5, 0.6) is 0 Å². The number of carbonyl (C=O) groups is 2. The van der Waals surface area contributed by atoms with Crippen molar-refractivity contribution in [3.8, 4) is 0 Å². The minimum atomic E-state index is -0.606. The molecule has 122 valence electrons. The number of rotatable bonds is 2. The van der Waals surface area contributed by atoms with Gasteiger partial charge in [-0.2, -0.15) is 0 Å². The fourth-order valence-electron chi connectivity index (χ4n) is 4.13. The number of anilines is 1. The molecule has 0 aromatic heterocycles. The summed E-state index contributed by atoms with van der Waals surface area (Å²) in [7, 11) is 0. The Morgan fingerprint density at radius 1 is 1.17 bits per heavy atom. The zero-order valence-corrected chi connectivity index (χ0v) is 13.9. The number of amides is 3. The van der Waals surface area contributed by atoms with Gasteiger partial charge in [0.15, 0.2) is 0 Å². The number of halogens is 1. The monoisotopic (exact) mass is 333 g/mol. The first-order valence-corrected chi connectivity index (χ1v) is 8.54. The number of nitrogens with zero attached hydrogens (tertiary/aromatic N) is 3. The third-order valence-electron chi connectivity index (χ3n) is 5.48. The van der Waals surface area contributed by atoms with E-state index in [2.05, 4.69) is 4.90 Å². The van der Waals surface area contributed by atoms with Crippen LogP contribution >= 0.6 is 11.6 Å². The van der Waals surface area contributed by atoms with Gasteiger partial charge in [-0.15, -0.1) is 0 Å². The Kier molecular flexibility index (Phi) is 3.30. The largest absolute Gasteiger partial charge is 0.369 e. The second-order valence-electron chi connectivity index (χ2n) is 6.85. The Balaban J connectivity index is 1.53. The van der Waals surface area contributed by atoms with E-state index >= 15 is 0 Å². The van der Waals surface area contributed by atoms with Crippen molar-refractivity contribution >= 4 is 29.2 Å². The summed E-state index contributed by atoms with van der Waals surface area (Å²) in [6.07, 6.45) is 2.52. The highest BCUT2D eigenvalue weighted by molar-refractivity contribution is 6.30. The summed E-state index contributed by atoms with van der Waals surface area (Å²) < 4.78 is 0. The van der Waals surface area contributed by atoms with Crippen LogP contribution in [0.3, 0.4) is 0 Å². The second-order valence-corrected chi connectivity index (χ2v) is 7.29. The summed E-state index contributed by atoms with van der Waals surface area (Å²) >= 11 is 5.94. The van der Waals surface area contributed by atoms with E-state index in [1.54, 1.807) is 4.90 Å². The van der Waals surface area contributed by atoms with Gasteiger partial charge in [0.05, 0.1) is 6.04 Å². The molecule has 23 heavy (non-hydrogen) atoms. The summed E-state index contributed by atoms with van der Waals surface area (Å²) in [5.41, 5.74) is 0.479. The summed E-state index contributed by atoms with van der Waals surface area (Å²) in [5.74, 6) is -0.0112. The molecule has 3 fully saturated rings. The first kappa shape index (κ1) is 14.8. The van der Waals surface area contributed by atoms with E-state index in [9.17, 15) is 9.59 Å². The van der Waals surface area contributed by atoms with E-state index < -0.39 is 5.54 Å². The molecule has 3 amide bonds. The normalized spacial score (nSPS) is 30.5. The molecule has 3 aliphatic rings. The molecule has 0 saturated carbocycles. The van der Waals surface area contributed by atoms with E-state index in [1.165, 1.54) is 4.90 Å². The van der Waals surface area contributed by atoms with Crippen molar-refractivity contribution in [1.82, 2.24) is 9.80 Å². The third kappa shape index (κ3) is 2.13. The average molecular weight is 334 g/mol. The van der Waals surface area contributed by atoms with Crippen molar-refractivity contribution in [2.75, 3.05) is 24.5 Å². The third-order valence-corrected chi connectivity index (χ3v) is 5.73. The van der Waals surface area contributed by atoms with Crippen molar-refractivity contribution in [1.29, 1.82) is 0 Å². The lowest BCUT2D eigenvalue weighted by Gasteiger charge is -2.24. The van der Waals surface area contributed by atoms with Crippen molar-refractivity contribution in [2.45, 2.75) is 37.8 Å². The molecule has 0 unspecified atom stereocenters. The number of hydrogen-bond donors (Lipinski definition) is 0.